The molecular formula is C12H18N2O2. The second kappa shape index (κ2) is 6.29. The highest BCUT2D eigenvalue weighted by Crippen LogP contribution is 2.13. The largest absolute Gasteiger partial charge is 0.305 e. The third-order valence-electron chi connectivity index (χ3n) is 2.58. The first-order valence-corrected chi connectivity index (χ1v) is 5.71. The Labute approximate surface area is 96.4 Å². The van der Waals surface area contributed by atoms with Crippen molar-refractivity contribution in [3.63, 3.8) is 0 Å². The van der Waals surface area contributed by atoms with E-state index in [1.165, 1.54) is 4.90 Å². The number of carbonyl (C=O) groups excluding carboxylic acids is 2. The fourth-order valence-corrected chi connectivity index (χ4v) is 1.77. The maximum absolute atomic E-state index is 11.8. The molecule has 88 valence electrons. The van der Waals surface area contributed by atoms with Crippen LogP contribution in [-0.2, 0) is 9.59 Å². The molecule has 0 aromatic rings. The summed E-state index contributed by atoms with van der Waals surface area (Å²) in [6.45, 7) is 3.17. The molecule has 1 unspecified atom stereocenters. The summed E-state index contributed by atoms with van der Waals surface area (Å²) in [5, 5.41) is 3.08. The van der Waals surface area contributed by atoms with Gasteiger partial charge < -0.3 is 5.32 Å². The molecule has 1 atom stereocenters. The zero-order valence-electron chi connectivity index (χ0n) is 9.66. The Kier molecular flexibility index (Phi) is 5.00. The maximum Gasteiger partial charge on any atom is 0.246 e. The third kappa shape index (κ3) is 3.07. The molecular weight excluding hydrogens is 204 g/mol. The molecule has 2 amide bonds. The van der Waals surface area contributed by atoms with Gasteiger partial charge in [0.1, 0.15) is 0 Å². The third-order valence-corrected chi connectivity index (χ3v) is 2.58. The molecule has 0 aliphatic carbocycles. The van der Waals surface area contributed by atoms with E-state index >= 15 is 0 Å². The van der Waals surface area contributed by atoms with Gasteiger partial charge in [-0.1, -0.05) is 6.92 Å². The molecule has 16 heavy (non-hydrogen) atoms. The number of imide groups is 1. The van der Waals surface area contributed by atoms with E-state index in [2.05, 4.69) is 11.2 Å². The SMILES string of the molecule is C#CCCCNC1CC(=O)N(CCC)C1=O. The summed E-state index contributed by atoms with van der Waals surface area (Å²) in [5.74, 6) is 2.38. The lowest BCUT2D eigenvalue weighted by molar-refractivity contribution is -0.138. The summed E-state index contributed by atoms with van der Waals surface area (Å²) in [7, 11) is 0. The fraction of sp³-hybridized carbons (Fsp3) is 0.667. The molecule has 0 aromatic carbocycles. The van der Waals surface area contributed by atoms with Gasteiger partial charge in [0.05, 0.1) is 12.5 Å². The monoisotopic (exact) mass is 222 g/mol. The van der Waals surface area contributed by atoms with Gasteiger partial charge in [-0.05, 0) is 19.4 Å². The Hall–Kier alpha value is -1.34. The maximum atomic E-state index is 11.8. The van der Waals surface area contributed by atoms with Crippen molar-refractivity contribution >= 4 is 11.8 Å². The number of carbonyl (C=O) groups is 2. The van der Waals surface area contributed by atoms with E-state index in [1.54, 1.807) is 0 Å². The van der Waals surface area contributed by atoms with E-state index < -0.39 is 0 Å². The van der Waals surface area contributed by atoms with Crippen molar-refractivity contribution in [2.45, 2.75) is 38.6 Å². The molecule has 1 aliphatic heterocycles. The molecule has 0 aromatic heterocycles. The lowest BCUT2D eigenvalue weighted by atomic mass is 10.2. The van der Waals surface area contributed by atoms with E-state index in [9.17, 15) is 9.59 Å². The Bertz CT molecular complexity index is 307. The van der Waals surface area contributed by atoms with Crippen LogP contribution in [-0.4, -0.2) is 35.8 Å². The van der Waals surface area contributed by atoms with Crippen molar-refractivity contribution in [2.24, 2.45) is 0 Å². The summed E-state index contributed by atoms with van der Waals surface area (Å²) in [6, 6.07) is -0.336. The molecule has 1 fully saturated rings. The molecule has 4 nitrogen and oxygen atoms in total. The lowest BCUT2D eigenvalue weighted by Crippen LogP contribution is -2.39. The quantitative estimate of drug-likeness (QED) is 0.405. The lowest BCUT2D eigenvalue weighted by Gasteiger charge is -2.13. The second-order valence-corrected chi connectivity index (χ2v) is 3.90. The number of unbranched alkanes of at least 4 members (excludes halogenated alkanes) is 1. The molecule has 4 heteroatoms. The highest BCUT2D eigenvalue weighted by Gasteiger charge is 2.37. The number of hydrogen-bond acceptors (Lipinski definition) is 3. The molecule has 1 rings (SSSR count). The second-order valence-electron chi connectivity index (χ2n) is 3.90. The first-order chi connectivity index (χ1) is 7.70. The zero-order chi connectivity index (χ0) is 12.0. The van der Waals surface area contributed by atoms with Crippen molar-refractivity contribution in [1.29, 1.82) is 0 Å². The molecule has 0 spiro atoms. The minimum absolute atomic E-state index is 0.0682. The van der Waals surface area contributed by atoms with Crippen molar-refractivity contribution in [3.05, 3.63) is 0 Å². The fourth-order valence-electron chi connectivity index (χ4n) is 1.77. The summed E-state index contributed by atoms with van der Waals surface area (Å²) in [6.07, 6.45) is 7.75. The minimum Gasteiger partial charge on any atom is -0.305 e. The molecule has 0 radical (unpaired) electrons. The summed E-state index contributed by atoms with van der Waals surface area (Å²) in [4.78, 5) is 24.6. The number of terminal acetylenes is 1. The number of hydrogen-bond donors (Lipinski definition) is 1. The standard InChI is InChI=1S/C12H18N2O2/c1-3-5-6-7-13-10-9-11(15)14(8-4-2)12(10)16/h1,10,13H,4-9H2,2H3. The van der Waals surface area contributed by atoms with Crippen LogP contribution in [0.1, 0.15) is 32.6 Å². The highest BCUT2D eigenvalue weighted by molar-refractivity contribution is 6.05. The van der Waals surface area contributed by atoms with Crippen LogP contribution in [0.5, 0.6) is 0 Å². The summed E-state index contributed by atoms with van der Waals surface area (Å²) < 4.78 is 0. The predicted octanol–water partition coefficient (Wildman–Crippen LogP) is 0.527. The van der Waals surface area contributed by atoms with Crippen molar-refractivity contribution in [3.8, 4) is 12.3 Å². The van der Waals surface area contributed by atoms with E-state index in [0.29, 0.717) is 19.5 Å². The number of nitrogens with one attached hydrogen (secondary N) is 1. The smallest absolute Gasteiger partial charge is 0.246 e. The van der Waals surface area contributed by atoms with Gasteiger partial charge in [0, 0.05) is 13.0 Å². The number of rotatable bonds is 6. The van der Waals surface area contributed by atoms with Crippen LogP contribution in [0.3, 0.4) is 0 Å². The first kappa shape index (κ1) is 12.7. The van der Waals surface area contributed by atoms with Gasteiger partial charge in [0.15, 0.2) is 0 Å². The van der Waals surface area contributed by atoms with Gasteiger partial charge in [-0.2, -0.15) is 0 Å². The van der Waals surface area contributed by atoms with Crippen LogP contribution in [0.15, 0.2) is 0 Å². The molecule has 1 saturated heterocycles. The minimum atomic E-state index is -0.336. The van der Waals surface area contributed by atoms with E-state index in [4.69, 9.17) is 6.42 Å². The molecule has 0 saturated carbocycles. The number of amides is 2. The van der Waals surface area contributed by atoms with E-state index in [-0.39, 0.29) is 24.3 Å². The normalized spacial score (nSPS) is 20.2. The number of nitrogens with zero attached hydrogens (tertiary/aromatic N) is 1. The van der Waals surface area contributed by atoms with Gasteiger partial charge in [-0.3, -0.25) is 14.5 Å². The molecule has 1 heterocycles. The van der Waals surface area contributed by atoms with Crippen molar-refractivity contribution in [2.75, 3.05) is 13.1 Å². The average Bonchev–Trinajstić information content (AvgIpc) is 2.53. The van der Waals surface area contributed by atoms with Crippen molar-refractivity contribution < 1.29 is 9.59 Å². The van der Waals surface area contributed by atoms with Gasteiger partial charge in [0.25, 0.3) is 0 Å². The van der Waals surface area contributed by atoms with Crippen LogP contribution in [0.4, 0.5) is 0 Å². The predicted molar refractivity (Wildman–Crippen MR) is 61.5 cm³/mol. The first-order valence-electron chi connectivity index (χ1n) is 5.71. The van der Waals surface area contributed by atoms with Gasteiger partial charge in [0.2, 0.25) is 11.8 Å². The Morgan fingerprint density at radius 1 is 1.56 bits per heavy atom. The Balaban J connectivity index is 2.37. The van der Waals surface area contributed by atoms with Crippen LogP contribution in [0.2, 0.25) is 0 Å². The molecule has 0 bridgehead atoms. The van der Waals surface area contributed by atoms with Crippen LogP contribution < -0.4 is 5.32 Å². The van der Waals surface area contributed by atoms with E-state index in [0.717, 1.165) is 12.8 Å². The van der Waals surface area contributed by atoms with E-state index in [1.807, 2.05) is 6.92 Å². The summed E-state index contributed by atoms with van der Waals surface area (Å²) >= 11 is 0. The highest BCUT2D eigenvalue weighted by atomic mass is 16.2. The zero-order valence-corrected chi connectivity index (χ0v) is 9.66. The van der Waals surface area contributed by atoms with Crippen LogP contribution >= 0.6 is 0 Å². The van der Waals surface area contributed by atoms with Crippen LogP contribution in [0.25, 0.3) is 0 Å². The molecule has 1 aliphatic rings. The average molecular weight is 222 g/mol. The Morgan fingerprint density at radius 3 is 2.94 bits per heavy atom. The van der Waals surface area contributed by atoms with Crippen LogP contribution in [0, 0.1) is 12.3 Å². The molecule has 1 N–H and O–H groups in total. The summed E-state index contributed by atoms with van der Waals surface area (Å²) in [5.41, 5.74) is 0. The number of likely N-dealkylation sites (tertiary alicyclic amines) is 1. The van der Waals surface area contributed by atoms with Gasteiger partial charge in [-0.15, -0.1) is 12.3 Å². The topological polar surface area (TPSA) is 49.4 Å². The Morgan fingerprint density at radius 2 is 2.31 bits per heavy atom. The van der Waals surface area contributed by atoms with Crippen molar-refractivity contribution in [1.82, 2.24) is 10.2 Å². The van der Waals surface area contributed by atoms with Gasteiger partial charge in [-0.25, -0.2) is 0 Å². The van der Waals surface area contributed by atoms with Gasteiger partial charge >= 0.3 is 0 Å².